The molecule has 0 amide bonds. The lowest BCUT2D eigenvalue weighted by molar-refractivity contribution is 1.21. The molecule has 0 saturated heterocycles. The highest BCUT2D eigenvalue weighted by Gasteiger charge is 2.11. The summed E-state index contributed by atoms with van der Waals surface area (Å²) in [6, 6.07) is 20.7. The van der Waals surface area contributed by atoms with Crippen molar-refractivity contribution in [2.75, 3.05) is 4.90 Å². The van der Waals surface area contributed by atoms with E-state index in [4.69, 9.17) is 0 Å². The minimum Gasteiger partial charge on any atom is -0.311 e. The maximum absolute atomic E-state index is 3.82. The molecule has 0 aromatic heterocycles. The SMILES string of the molecule is C=C/C=C(\C=C/C)N(c1ccccc1)c1ccccc1. The third-order valence-corrected chi connectivity index (χ3v) is 2.91. The smallest absolute Gasteiger partial charge is 0.0461 e. The Hall–Kier alpha value is -2.54. The zero-order chi connectivity index (χ0) is 14.2. The van der Waals surface area contributed by atoms with Crippen LogP contribution in [0.3, 0.4) is 0 Å². The molecule has 1 nitrogen and oxygen atoms in total. The van der Waals surface area contributed by atoms with Gasteiger partial charge in [-0.15, -0.1) is 0 Å². The topological polar surface area (TPSA) is 3.24 Å². The maximum atomic E-state index is 3.82. The molecule has 2 aromatic rings. The lowest BCUT2D eigenvalue weighted by Crippen LogP contribution is -2.14. The molecular weight excluding hydrogens is 242 g/mol. The summed E-state index contributed by atoms with van der Waals surface area (Å²) in [5.41, 5.74) is 3.34. The summed E-state index contributed by atoms with van der Waals surface area (Å²) in [6.45, 7) is 5.83. The quantitative estimate of drug-likeness (QED) is 0.645. The molecule has 100 valence electrons. The highest BCUT2D eigenvalue weighted by molar-refractivity contribution is 5.70. The first-order valence-corrected chi connectivity index (χ1v) is 6.72. The predicted octanol–water partition coefficient (Wildman–Crippen LogP) is 5.47. The molecule has 0 heterocycles. The van der Waals surface area contributed by atoms with Crippen molar-refractivity contribution in [1.29, 1.82) is 0 Å². The van der Waals surface area contributed by atoms with Gasteiger partial charge in [0.15, 0.2) is 0 Å². The molecule has 0 N–H and O–H groups in total. The summed E-state index contributed by atoms with van der Waals surface area (Å²) in [5, 5.41) is 0. The number of hydrogen-bond donors (Lipinski definition) is 0. The number of allylic oxidation sites excluding steroid dienone is 4. The van der Waals surface area contributed by atoms with Crippen LogP contribution >= 0.6 is 0 Å². The number of benzene rings is 2. The van der Waals surface area contributed by atoms with Crippen molar-refractivity contribution in [2.45, 2.75) is 6.92 Å². The molecule has 0 aliphatic carbocycles. The van der Waals surface area contributed by atoms with Crippen molar-refractivity contribution >= 4 is 11.4 Å². The molecule has 0 bridgehead atoms. The van der Waals surface area contributed by atoms with Crippen molar-refractivity contribution in [1.82, 2.24) is 0 Å². The molecule has 1 heteroatoms. The zero-order valence-corrected chi connectivity index (χ0v) is 11.7. The van der Waals surface area contributed by atoms with Gasteiger partial charge in [-0.2, -0.15) is 0 Å². The molecule has 0 aliphatic rings. The van der Waals surface area contributed by atoms with Crippen LogP contribution in [0.1, 0.15) is 6.92 Å². The van der Waals surface area contributed by atoms with Gasteiger partial charge in [-0.25, -0.2) is 0 Å². The van der Waals surface area contributed by atoms with E-state index in [0.29, 0.717) is 0 Å². The summed E-state index contributed by atoms with van der Waals surface area (Å²) in [6.07, 6.45) is 7.95. The minimum absolute atomic E-state index is 1.08. The van der Waals surface area contributed by atoms with Gasteiger partial charge >= 0.3 is 0 Å². The summed E-state index contributed by atoms with van der Waals surface area (Å²) < 4.78 is 0. The maximum Gasteiger partial charge on any atom is 0.0461 e. The van der Waals surface area contributed by atoms with Gasteiger partial charge in [-0.1, -0.05) is 55.1 Å². The fraction of sp³-hybridized carbons (Fsp3) is 0.0526. The average Bonchev–Trinajstić information content (AvgIpc) is 2.50. The van der Waals surface area contributed by atoms with E-state index < -0.39 is 0 Å². The third-order valence-electron chi connectivity index (χ3n) is 2.91. The predicted molar refractivity (Wildman–Crippen MR) is 88.1 cm³/mol. The van der Waals surface area contributed by atoms with Crippen molar-refractivity contribution in [2.24, 2.45) is 0 Å². The molecule has 0 saturated carbocycles. The van der Waals surface area contributed by atoms with E-state index in [2.05, 4.69) is 41.8 Å². The van der Waals surface area contributed by atoms with Gasteiger partial charge in [-0.05, 0) is 43.3 Å². The lowest BCUT2D eigenvalue weighted by Gasteiger charge is -2.26. The van der Waals surface area contributed by atoms with E-state index in [1.807, 2.05) is 61.5 Å². The van der Waals surface area contributed by atoms with Gasteiger partial charge in [-0.3, -0.25) is 0 Å². The Morgan fingerprint density at radius 3 is 1.80 bits per heavy atom. The first kappa shape index (κ1) is 13.9. The standard InChI is InChI=1S/C19H19N/c1-3-11-17(12-4-2)20(18-13-7-5-8-14-18)19-15-9-6-10-16-19/h3-16H,1H2,2H3/b12-4-,17-11+. The Morgan fingerprint density at radius 1 is 0.900 bits per heavy atom. The molecule has 2 rings (SSSR count). The number of rotatable bonds is 5. The van der Waals surface area contributed by atoms with Crippen LogP contribution in [-0.2, 0) is 0 Å². The van der Waals surface area contributed by atoms with E-state index in [9.17, 15) is 0 Å². The van der Waals surface area contributed by atoms with E-state index >= 15 is 0 Å². The van der Waals surface area contributed by atoms with Crippen LogP contribution in [0.15, 0.2) is 97.2 Å². The molecule has 20 heavy (non-hydrogen) atoms. The number of anilines is 2. The highest BCUT2D eigenvalue weighted by atomic mass is 15.1. The second kappa shape index (κ2) is 7.15. The Balaban J connectivity index is 2.55. The van der Waals surface area contributed by atoms with Crippen LogP contribution in [0.25, 0.3) is 0 Å². The van der Waals surface area contributed by atoms with Crippen LogP contribution in [-0.4, -0.2) is 0 Å². The van der Waals surface area contributed by atoms with E-state index in [1.54, 1.807) is 0 Å². The largest absolute Gasteiger partial charge is 0.311 e. The van der Waals surface area contributed by atoms with Gasteiger partial charge in [0.25, 0.3) is 0 Å². The van der Waals surface area contributed by atoms with Gasteiger partial charge in [0, 0.05) is 17.1 Å². The Morgan fingerprint density at radius 2 is 1.40 bits per heavy atom. The summed E-state index contributed by atoms with van der Waals surface area (Å²) >= 11 is 0. The third kappa shape index (κ3) is 3.27. The summed E-state index contributed by atoms with van der Waals surface area (Å²) in [5.74, 6) is 0. The molecule has 2 aromatic carbocycles. The van der Waals surface area contributed by atoms with E-state index in [0.717, 1.165) is 17.1 Å². The van der Waals surface area contributed by atoms with Crippen LogP contribution in [0.4, 0.5) is 11.4 Å². The monoisotopic (exact) mass is 261 g/mol. The van der Waals surface area contributed by atoms with Gasteiger partial charge < -0.3 is 4.90 Å². The molecule has 0 fully saturated rings. The number of hydrogen-bond acceptors (Lipinski definition) is 1. The first-order valence-electron chi connectivity index (χ1n) is 6.72. The normalized spacial score (nSPS) is 11.6. The first-order chi connectivity index (χ1) is 9.86. The lowest BCUT2D eigenvalue weighted by atomic mass is 10.2. The van der Waals surface area contributed by atoms with Crippen molar-refractivity contribution < 1.29 is 0 Å². The highest BCUT2D eigenvalue weighted by Crippen LogP contribution is 2.29. The molecule has 0 radical (unpaired) electrons. The minimum atomic E-state index is 1.08. The second-order valence-corrected chi connectivity index (χ2v) is 4.33. The van der Waals surface area contributed by atoms with Gasteiger partial charge in [0.1, 0.15) is 0 Å². The molecule has 0 aliphatic heterocycles. The van der Waals surface area contributed by atoms with Crippen LogP contribution in [0.5, 0.6) is 0 Å². The van der Waals surface area contributed by atoms with Gasteiger partial charge in [0.05, 0.1) is 0 Å². The van der Waals surface area contributed by atoms with Crippen molar-refractivity contribution in [3.8, 4) is 0 Å². The van der Waals surface area contributed by atoms with Gasteiger partial charge in [0.2, 0.25) is 0 Å². The summed E-state index contributed by atoms with van der Waals surface area (Å²) in [4.78, 5) is 2.21. The van der Waals surface area contributed by atoms with E-state index in [-0.39, 0.29) is 0 Å². The van der Waals surface area contributed by atoms with Crippen LogP contribution in [0.2, 0.25) is 0 Å². The Labute approximate surface area is 121 Å². The molecule has 0 spiro atoms. The fourth-order valence-corrected chi connectivity index (χ4v) is 2.10. The molecular formula is C19H19N. The average molecular weight is 261 g/mol. The van der Waals surface area contributed by atoms with Crippen LogP contribution in [0, 0.1) is 0 Å². The second-order valence-electron chi connectivity index (χ2n) is 4.33. The van der Waals surface area contributed by atoms with Crippen molar-refractivity contribution in [3.05, 3.63) is 97.2 Å². The van der Waals surface area contributed by atoms with Crippen molar-refractivity contribution in [3.63, 3.8) is 0 Å². The number of para-hydroxylation sites is 2. The Kier molecular flexibility index (Phi) is 4.96. The van der Waals surface area contributed by atoms with E-state index in [1.165, 1.54) is 0 Å². The zero-order valence-electron chi connectivity index (χ0n) is 11.7. The number of nitrogens with zero attached hydrogens (tertiary/aromatic N) is 1. The summed E-state index contributed by atoms with van der Waals surface area (Å²) in [7, 11) is 0. The van der Waals surface area contributed by atoms with Crippen LogP contribution < -0.4 is 4.90 Å². The molecule has 0 unspecified atom stereocenters. The molecule has 0 atom stereocenters. The fourth-order valence-electron chi connectivity index (χ4n) is 2.10. The Bertz CT molecular complexity index is 555.